The summed E-state index contributed by atoms with van der Waals surface area (Å²) >= 11 is 0. The van der Waals surface area contributed by atoms with Crippen LogP contribution in [0.15, 0.2) is 24.4 Å². The van der Waals surface area contributed by atoms with Gasteiger partial charge in [-0.15, -0.1) is 0 Å². The number of rotatable bonds is 3. The van der Waals surface area contributed by atoms with Crippen LogP contribution in [0.25, 0.3) is 10.9 Å². The lowest BCUT2D eigenvalue weighted by Gasteiger charge is -2.42. The highest BCUT2D eigenvalue weighted by atomic mass is 16.6. The van der Waals surface area contributed by atoms with E-state index < -0.39 is 5.60 Å². The minimum atomic E-state index is -0.454. The van der Waals surface area contributed by atoms with Gasteiger partial charge in [0.15, 0.2) is 0 Å². The van der Waals surface area contributed by atoms with Crippen molar-refractivity contribution in [1.82, 2.24) is 19.6 Å². The Morgan fingerprint density at radius 3 is 2.28 bits per heavy atom. The second-order valence-corrected chi connectivity index (χ2v) is 9.84. The Kier molecular flexibility index (Phi) is 6.42. The lowest BCUT2D eigenvalue weighted by Crippen LogP contribution is -2.53. The summed E-state index contributed by atoms with van der Waals surface area (Å²) in [6.07, 6.45) is 6.29. The van der Waals surface area contributed by atoms with Crippen molar-refractivity contribution in [2.24, 2.45) is 0 Å². The molecule has 0 bridgehead atoms. The Bertz CT molecular complexity index is 964. The van der Waals surface area contributed by atoms with Crippen LogP contribution < -0.4 is 0 Å². The van der Waals surface area contributed by atoms with Gasteiger partial charge in [-0.1, -0.05) is 6.07 Å². The van der Waals surface area contributed by atoms with Crippen molar-refractivity contribution in [3.05, 3.63) is 30.0 Å². The molecule has 1 amide bonds. The highest BCUT2D eigenvalue weighted by Crippen LogP contribution is 2.32. The second-order valence-electron chi connectivity index (χ2n) is 9.84. The summed E-state index contributed by atoms with van der Waals surface area (Å²) in [5.74, 6) is -0.339. The van der Waals surface area contributed by atoms with Crippen molar-refractivity contribution in [2.45, 2.75) is 64.1 Å². The Morgan fingerprint density at radius 1 is 1.00 bits per heavy atom. The second kappa shape index (κ2) is 9.10. The quantitative estimate of drug-likeness (QED) is 0.672. The van der Waals surface area contributed by atoms with E-state index in [1.807, 2.05) is 31.7 Å². The molecule has 1 saturated heterocycles. The standard InChI is InChI=1S/C24H34N4O4/c1-24(2,3)32-23(30)27-13-11-26(12-14-27)19-7-9-20(10-8-19)28-16-18-6-5-17(22(29)31-4)15-21(18)25-28/h5-6,15-16,19-20H,7-14H2,1-4H3. The minimum Gasteiger partial charge on any atom is -0.465 e. The van der Waals surface area contributed by atoms with Crippen LogP contribution in [0.2, 0.25) is 0 Å². The molecule has 1 saturated carbocycles. The van der Waals surface area contributed by atoms with Crippen LogP contribution in [-0.2, 0) is 9.47 Å². The van der Waals surface area contributed by atoms with Gasteiger partial charge in [-0.05, 0) is 58.6 Å². The number of fused-ring (bicyclic) bond motifs is 1. The number of hydrogen-bond donors (Lipinski definition) is 0. The van der Waals surface area contributed by atoms with E-state index in [0.29, 0.717) is 17.6 Å². The van der Waals surface area contributed by atoms with Crippen LogP contribution in [-0.4, -0.2) is 76.6 Å². The number of hydrogen-bond acceptors (Lipinski definition) is 6. The molecule has 1 aromatic carbocycles. The molecular weight excluding hydrogens is 408 g/mol. The van der Waals surface area contributed by atoms with Crippen LogP contribution in [0.1, 0.15) is 62.9 Å². The number of carbonyl (C=O) groups excluding carboxylic acids is 2. The zero-order valence-corrected chi connectivity index (χ0v) is 19.5. The zero-order valence-electron chi connectivity index (χ0n) is 19.5. The molecule has 2 aliphatic rings. The van der Waals surface area contributed by atoms with Gasteiger partial charge in [-0.2, -0.15) is 5.10 Å². The van der Waals surface area contributed by atoms with Crippen LogP contribution in [0.3, 0.4) is 0 Å². The van der Waals surface area contributed by atoms with Gasteiger partial charge in [0, 0.05) is 43.8 Å². The Balaban J connectivity index is 1.30. The normalized spacial score (nSPS) is 22.7. The average Bonchev–Trinajstić information content (AvgIpc) is 3.21. The predicted molar refractivity (Wildman–Crippen MR) is 122 cm³/mol. The Labute approximate surface area is 189 Å². The highest BCUT2D eigenvalue weighted by molar-refractivity contribution is 5.94. The van der Waals surface area contributed by atoms with E-state index in [1.165, 1.54) is 7.11 Å². The monoisotopic (exact) mass is 442 g/mol. The first-order valence-electron chi connectivity index (χ1n) is 11.5. The van der Waals surface area contributed by atoms with Gasteiger partial charge >= 0.3 is 12.1 Å². The van der Waals surface area contributed by atoms with Gasteiger partial charge < -0.3 is 14.4 Å². The molecule has 1 aliphatic heterocycles. The maximum absolute atomic E-state index is 12.3. The van der Waals surface area contributed by atoms with E-state index in [0.717, 1.165) is 62.8 Å². The fourth-order valence-corrected chi connectivity index (χ4v) is 4.75. The zero-order chi connectivity index (χ0) is 22.9. The number of nitrogens with zero attached hydrogens (tertiary/aromatic N) is 4. The number of carbonyl (C=O) groups is 2. The number of esters is 1. The summed E-state index contributed by atoms with van der Waals surface area (Å²) in [6.45, 7) is 8.96. The first kappa shape index (κ1) is 22.6. The van der Waals surface area contributed by atoms with Crippen molar-refractivity contribution in [2.75, 3.05) is 33.3 Å². The van der Waals surface area contributed by atoms with E-state index >= 15 is 0 Å². The van der Waals surface area contributed by atoms with Gasteiger partial charge in [0.2, 0.25) is 0 Å². The summed E-state index contributed by atoms with van der Waals surface area (Å²) in [5.41, 5.74) is 0.901. The van der Waals surface area contributed by atoms with Gasteiger partial charge in [0.1, 0.15) is 5.60 Å². The fourth-order valence-electron chi connectivity index (χ4n) is 4.75. The number of benzene rings is 1. The van der Waals surface area contributed by atoms with Crippen LogP contribution >= 0.6 is 0 Å². The third kappa shape index (κ3) is 5.06. The molecule has 2 heterocycles. The molecule has 0 spiro atoms. The van der Waals surface area contributed by atoms with Crippen molar-refractivity contribution in [1.29, 1.82) is 0 Å². The summed E-state index contributed by atoms with van der Waals surface area (Å²) in [7, 11) is 1.39. The lowest BCUT2D eigenvalue weighted by molar-refractivity contribution is 0.00721. The van der Waals surface area contributed by atoms with Crippen molar-refractivity contribution < 1.29 is 19.1 Å². The molecule has 1 aliphatic carbocycles. The number of piperazine rings is 1. The molecule has 0 unspecified atom stereocenters. The van der Waals surface area contributed by atoms with Crippen molar-refractivity contribution in [3.8, 4) is 0 Å². The fraction of sp³-hybridized carbons (Fsp3) is 0.625. The molecule has 2 aromatic rings. The predicted octanol–water partition coefficient (Wildman–Crippen LogP) is 3.86. The molecule has 32 heavy (non-hydrogen) atoms. The molecular formula is C24H34N4O4. The third-order valence-corrected chi connectivity index (χ3v) is 6.47. The largest absolute Gasteiger partial charge is 0.465 e. The van der Waals surface area contributed by atoms with Gasteiger partial charge in [0.05, 0.1) is 24.2 Å². The molecule has 1 aromatic heterocycles. The van der Waals surface area contributed by atoms with Crippen LogP contribution in [0.5, 0.6) is 0 Å². The first-order valence-corrected chi connectivity index (χ1v) is 11.5. The van der Waals surface area contributed by atoms with Gasteiger partial charge in [-0.25, -0.2) is 9.59 Å². The van der Waals surface area contributed by atoms with E-state index in [4.69, 9.17) is 14.6 Å². The molecule has 2 fully saturated rings. The summed E-state index contributed by atoms with van der Waals surface area (Å²) in [5, 5.41) is 5.79. The van der Waals surface area contributed by atoms with E-state index in [-0.39, 0.29) is 12.1 Å². The first-order chi connectivity index (χ1) is 15.2. The number of aromatic nitrogens is 2. The van der Waals surface area contributed by atoms with Gasteiger partial charge in [-0.3, -0.25) is 9.58 Å². The van der Waals surface area contributed by atoms with Crippen LogP contribution in [0.4, 0.5) is 4.79 Å². The van der Waals surface area contributed by atoms with Crippen LogP contribution in [0, 0.1) is 0 Å². The minimum absolute atomic E-state index is 0.207. The summed E-state index contributed by atoms with van der Waals surface area (Å²) in [6, 6.07) is 6.45. The third-order valence-electron chi connectivity index (χ3n) is 6.47. The molecule has 8 heteroatoms. The number of methoxy groups -OCH3 is 1. The van der Waals surface area contributed by atoms with Crippen molar-refractivity contribution in [3.63, 3.8) is 0 Å². The lowest BCUT2D eigenvalue weighted by atomic mass is 9.90. The molecule has 0 atom stereocenters. The maximum Gasteiger partial charge on any atom is 0.410 e. The van der Waals surface area contributed by atoms with Crippen molar-refractivity contribution >= 4 is 23.0 Å². The van der Waals surface area contributed by atoms with Gasteiger partial charge in [0.25, 0.3) is 0 Å². The molecule has 4 rings (SSSR count). The SMILES string of the molecule is COC(=O)c1ccc2cn(C3CCC(N4CCN(C(=O)OC(C)(C)C)CC4)CC3)nc2c1. The topological polar surface area (TPSA) is 76.9 Å². The maximum atomic E-state index is 12.3. The van der Waals surface area contributed by atoms with E-state index in [2.05, 4.69) is 15.8 Å². The Hall–Kier alpha value is -2.61. The van der Waals surface area contributed by atoms with E-state index in [1.54, 1.807) is 12.1 Å². The number of amides is 1. The summed E-state index contributed by atoms with van der Waals surface area (Å²) in [4.78, 5) is 28.4. The molecule has 174 valence electrons. The molecule has 0 radical (unpaired) electrons. The Morgan fingerprint density at radius 2 is 1.66 bits per heavy atom. The smallest absolute Gasteiger partial charge is 0.410 e. The molecule has 0 N–H and O–H groups in total. The highest BCUT2D eigenvalue weighted by Gasteiger charge is 2.31. The van der Waals surface area contributed by atoms with E-state index in [9.17, 15) is 9.59 Å². The number of ether oxygens (including phenoxy) is 2. The summed E-state index contributed by atoms with van der Waals surface area (Å²) < 4.78 is 12.4. The average molecular weight is 443 g/mol. The molecule has 8 nitrogen and oxygen atoms in total.